The first-order chi connectivity index (χ1) is 14.7. The molecular formula is C28H34N2. The monoisotopic (exact) mass is 398 g/mol. The summed E-state index contributed by atoms with van der Waals surface area (Å²) in [4.78, 5) is 4.92. The van der Waals surface area contributed by atoms with Crippen molar-refractivity contribution in [3.8, 4) is 11.1 Å². The Balaban J connectivity index is 1.73. The van der Waals surface area contributed by atoms with Gasteiger partial charge in [-0.2, -0.15) is 0 Å². The van der Waals surface area contributed by atoms with E-state index in [1.807, 2.05) is 0 Å². The lowest BCUT2D eigenvalue weighted by Crippen LogP contribution is -2.25. The maximum atomic E-state index is 2.46. The Bertz CT molecular complexity index is 983. The molecule has 4 rings (SSSR count). The van der Waals surface area contributed by atoms with Crippen molar-refractivity contribution in [3.05, 3.63) is 82.9 Å². The van der Waals surface area contributed by atoms with Crippen molar-refractivity contribution in [1.29, 1.82) is 0 Å². The van der Waals surface area contributed by atoms with Gasteiger partial charge >= 0.3 is 0 Å². The largest absolute Gasteiger partial charge is 0.372 e. The normalized spacial score (nSPS) is 11.9. The van der Waals surface area contributed by atoms with Crippen molar-refractivity contribution in [2.24, 2.45) is 0 Å². The summed E-state index contributed by atoms with van der Waals surface area (Å²) in [5.74, 6) is 0. The van der Waals surface area contributed by atoms with E-state index in [2.05, 4.69) is 98.2 Å². The predicted octanol–water partition coefficient (Wildman–Crippen LogP) is 6.54. The highest BCUT2D eigenvalue weighted by Gasteiger charge is 2.20. The molecule has 0 aliphatic heterocycles. The van der Waals surface area contributed by atoms with Crippen LogP contribution >= 0.6 is 0 Å². The van der Waals surface area contributed by atoms with Gasteiger partial charge in [0.25, 0.3) is 0 Å². The van der Waals surface area contributed by atoms with Crippen molar-refractivity contribution >= 4 is 11.4 Å². The van der Waals surface area contributed by atoms with Crippen LogP contribution in [0.4, 0.5) is 11.4 Å². The van der Waals surface area contributed by atoms with Crippen molar-refractivity contribution < 1.29 is 0 Å². The highest BCUT2D eigenvalue weighted by Crippen LogP contribution is 2.39. The molecule has 0 N–H and O–H groups in total. The van der Waals surface area contributed by atoms with Gasteiger partial charge in [-0.25, -0.2) is 0 Å². The van der Waals surface area contributed by atoms with Crippen molar-refractivity contribution in [3.63, 3.8) is 0 Å². The lowest BCUT2D eigenvalue weighted by atomic mass is 9.95. The second-order valence-corrected chi connectivity index (χ2v) is 8.16. The Labute approximate surface area is 182 Å². The van der Waals surface area contributed by atoms with Gasteiger partial charge in [0, 0.05) is 37.6 Å². The maximum Gasteiger partial charge on any atom is 0.0389 e. The van der Waals surface area contributed by atoms with Gasteiger partial charge in [-0.05, 0) is 92.1 Å². The number of anilines is 2. The second kappa shape index (κ2) is 8.95. The van der Waals surface area contributed by atoms with Crippen LogP contribution in [0.3, 0.4) is 0 Å². The summed E-state index contributed by atoms with van der Waals surface area (Å²) in [6.07, 6.45) is 2.04. The van der Waals surface area contributed by atoms with E-state index in [1.54, 1.807) is 0 Å². The lowest BCUT2D eigenvalue weighted by Gasteiger charge is -2.27. The minimum absolute atomic E-state index is 0.987. The molecule has 0 aromatic heterocycles. The molecule has 0 saturated heterocycles. The van der Waals surface area contributed by atoms with Gasteiger partial charge in [-0.1, -0.05) is 42.5 Å². The van der Waals surface area contributed by atoms with Gasteiger partial charge < -0.3 is 9.80 Å². The Morgan fingerprint density at radius 2 is 1.27 bits per heavy atom. The number of hydrogen-bond acceptors (Lipinski definition) is 2. The fourth-order valence-corrected chi connectivity index (χ4v) is 4.91. The molecule has 0 saturated carbocycles. The van der Waals surface area contributed by atoms with Crippen molar-refractivity contribution in [2.45, 2.75) is 40.5 Å². The topological polar surface area (TPSA) is 6.48 Å². The summed E-state index contributed by atoms with van der Waals surface area (Å²) in [5, 5.41) is 0. The number of fused-ring (bicyclic) bond motifs is 3. The van der Waals surface area contributed by atoms with E-state index in [4.69, 9.17) is 0 Å². The highest BCUT2D eigenvalue weighted by molar-refractivity contribution is 5.78. The molecule has 0 spiro atoms. The molecule has 156 valence electrons. The van der Waals surface area contributed by atoms with E-state index < -0.39 is 0 Å². The van der Waals surface area contributed by atoms with Crippen LogP contribution in [-0.4, -0.2) is 26.2 Å². The molecule has 30 heavy (non-hydrogen) atoms. The van der Waals surface area contributed by atoms with E-state index in [0.29, 0.717) is 0 Å². The van der Waals surface area contributed by atoms with Gasteiger partial charge in [0.1, 0.15) is 0 Å². The van der Waals surface area contributed by atoms with Crippen LogP contribution in [0.2, 0.25) is 0 Å². The molecule has 3 aromatic carbocycles. The molecule has 0 unspecified atom stereocenters. The molecular weight excluding hydrogens is 364 g/mol. The Kier molecular flexibility index (Phi) is 6.13. The Morgan fingerprint density at radius 3 is 1.90 bits per heavy atom. The zero-order chi connectivity index (χ0) is 21.1. The van der Waals surface area contributed by atoms with Gasteiger partial charge in [0.15, 0.2) is 0 Å². The molecule has 2 nitrogen and oxygen atoms in total. The zero-order valence-corrected chi connectivity index (χ0v) is 18.9. The Morgan fingerprint density at radius 1 is 0.667 bits per heavy atom. The summed E-state index contributed by atoms with van der Waals surface area (Å²) in [6.45, 7) is 13.1. The fourth-order valence-electron chi connectivity index (χ4n) is 4.91. The third-order valence-corrected chi connectivity index (χ3v) is 6.56. The molecule has 0 fully saturated rings. The average molecular weight is 399 g/mol. The van der Waals surface area contributed by atoms with Crippen LogP contribution in [0.1, 0.15) is 49.9 Å². The third-order valence-electron chi connectivity index (χ3n) is 6.56. The minimum Gasteiger partial charge on any atom is -0.372 e. The second-order valence-electron chi connectivity index (χ2n) is 8.16. The van der Waals surface area contributed by atoms with Crippen LogP contribution in [0.15, 0.2) is 60.7 Å². The van der Waals surface area contributed by atoms with Crippen molar-refractivity contribution in [1.82, 2.24) is 0 Å². The first-order valence-electron chi connectivity index (χ1n) is 11.5. The smallest absolute Gasteiger partial charge is 0.0389 e. The van der Waals surface area contributed by atoms with Crippen molar-refractivity contribution in [2.75, 3.05) is 36.0 Å². The zero-order valence-electron chi connectivity index (χ0n) is 18.9. The van der Waals surface area contributed by atoms with Gasteiger partial charge in [-0.3, -0.25) is 0 Å². The summed E-state index contributed by atoms with van der Waals surface area (Å²) in [6, 6.07) is 22.9. The first kappa shape index (κ1) is 20.5. The molecule has 3 aromatic rings. The van der Waals surface area contributed by atoms with Crippen LogP contribution in [0.25, 0.3) is 11.1 Å². The number of nitrogens with zero attached hydrogens (tertiary/aromatic N) is 2. The van der Waals surface area contributed by atoms with E-state index >= 15 is 0 Å². The Hall–Kier alpha value is -2.74. The standard InChI is InChI=1S/C28H34N2/c1-5-29(6-2)24-17-21(18-25(20-24)30(7-3)8-4)16-22-13-11-15-27-26-14-10-9-12-23(26)19-28(22)27/h9-15,17-18,20H,5-8,16,19H2,1-4H3. The van der Waals surface area contributed by atoms with Crippen LogP contribution in [-0.2, 0) is 12.8 Å². The molecule has 0 radical (unpaired) electrons. The highest BCUT2D eigenvalue weighted by atomic mass is 15.1. The summed E-state index contributed by atoms with van der Waals surface area (Å²) in [7, 11) is 0. The van der Waals surface area contributed by atoms with Gasteiger partial charge in [-0.15, -0.1) is 0 Å². The van der Waals surface area contributed by atoms with E-state index in [0.717, 1.165) is 39.0 Å². The number of rotatable bonds is 8. The third kappa shape index (κ3) is 3.84. The number of hydrogen-bond donors (Lipinski definition) is 0. The SMILES string of the molecule is CCN(CC)c1cc(Cc2cccc3c2Cc2ccccc2-3)cc(N(CC)CC)c1. The molecule has 0 heterocycles. The lowest BCUT2D eigenvalue weighted by molar-refractivity contribution is 0.849. The maximum absolute atomic E-state index is 2.46. The predicted molar refractivity (Wildman–Crippen MR) is 131 cm³/mol. The van der Waals surface area contributed by atoms with E-state index in [9.17, 15) is 0 Å². The first-order valence-corrected chi connectivity index (χ1v) is 11.5. The van der Waals surface area contributed by atoms with Gasteiger partial charge in [0.2, 0.25) is 0 Å². The molecule has 0 atom stereocenters. The minimum atomic E-state index is 0.987. The van der Waals surface area contributed by atoms with E-state index in [1.165, 1.54) is 44.8 Å². The van der Waals surface area contributed by atoms with Crippen LogP contribution < -0.4 is 9.80 Å². The molecule has 2 heteroatoms. The van der Waals surface area contributed by atoms with Gasteiger partial charge in [0.05, 0.1) is 0 Å². The average Bonchev–Trinajstić information content (AvgIpc) is 3.15. The molecule has 1 aliphatic rings. The summed E-state index contributed by atoms with van der Waals surface area (Å²) < 4.78 is 0. The molecule has 1 aliphatic carbocycles. The van der Waals surface area contributed by atoms with E-state index in [-0.39, 0.29) is 0 Å². The quantitative estimate of drug-likeness (QED) is 0.332. The fraction of sp³-hybridized carbons (Fsp3) is 0.357. The molecule has 0 amide bonds. The van der Waals surface area contributed by atoms with Crippen LogP contribution in [0, 0.1) is 0 Å². The van der Waals surface area contributed by atoms with Crippen LogP contribution in [0.5, 0.6) is 0 Å². The summed E-state index contributed by atoms with van der Waals surface area (Å²) >= 11 is 0. The summed E-state index contributed by atoms with van der Waals surface area (Å²) in [5.41, 5.74) is 11.4. The molecule has 0 bridgehead atoms. The number of benzene rings is 3.